The van der Waals surface area contributed by atoms with E-state index in [-0.39, 0.29) is 22.2 Å². The van der Waals surface area contributed by atoms with Crippen LogP contribution in [0.4, 0.5) is 0 Å². The Bertz CT molecular complexity index is 990. The molecule has 26 heavy (non-hydrogen) atoms. The van der Waals surface area contributed by atoms with Crippen molar-refractivity contribution >= 4 is 15.6 Å². The summed E-state index contributed by atoms with van der Waals surface area (Å²) >= 11 is 0. The average molecular weight is 366 g/mol. The van der Waals surface area contributed by atoms with Gasteiger partial charge in [-0.25, -0.2) is 8.42 Å². The molecule has 0 aliphatic rings. The molecular formula is C21H18O4S. The van der Waals surface area contributed by atoms with Gasteiger partial charge in [0, 0.05) is 5.56 Å². The first-order valence-electron chi connectivity index (χ1n) is 8.10. The molecular weight excluding hydrogens is 348 g/mol. The molecule has 0 aromatic heterocycles. The lowest BCUT2D eigenvalue weighted by Crippen LogP contribution is -2.11. The van der Waals surface area contributed by atoms with Crippen molar-refractivity contribution in [2.24, 2.45) is 0 Å². The molecule has 132 valence electrons. The number of ketones is 1. The van der Waals surface area contributed by atoms with Crippen molar-refractivity contribution in [3.8, 4) is 5.75 Å². The van der Waals surface area contributed by atoms with Gasteiger partial charge >= 0.3 is 0 Å². The number of sulfone groups is 1. The Labute approximate surface area is 153 Å². The van der Waals surface area contributed by atoms with Gasteiger partial charge in [0.25, 0.3) is 0 Å². The lowest BCUT2D eigenvalue weighted by molar-refractivity contribution is 0.0921. The maximum absolute atomic E-state index is 12.5. The first-order chi connectivity index (χ1) is 12.5. The van der Waals surface area contributed by atoms with E-state index in [4.69, 9.17) is 4.74 Å². The van der Waals surface area contributed by atoms with Crippen LogP contribution in [-0.2, 0) is 9.84 Å². The Morgan fingerprint density at radius 2 is 1.38 bits per heavy atom. The Hall–Kier alpha value is -2.92. The number of rotatable bonds is 6. The topological polar surface area (TPSA) is 60.4 Å². The Morgan fingerprint density at radius 1 is 0.808 bits per heavy atom. The maximum atomic E-state index is 12.5. The Balaban J connectivity index is 1.68. The van der Waals surface area contributed by atoms with E-state index in [1.54, 1.807) is 54.6 Å². The summed E-state index contributed by atoms with van der Waals surface area (Å²) in [6, 6.07) is 21.6. The van der Waals surface area contributed by atoms with E-state index < -0.39 is 9.84 Å². The van der Waals surface area contributed by atoms with E-state index in [9.17, 15) is 13.2 Å². The van der Waals surface area contributed by atoms with Gasteiger partial charge in [-0.2, -0.15) is 0 Å². The third-order valence-corrected chi connectivity index (χ3v) is 5.72. The fourth-order valence-corrected chi connectivity index (χ4v) is 3.70. The predicted octanol–water partition coefficient (Wildman–Crippen LogP) is 4.09. The minimum Gasteiger partial charge on any atom is -0.485 e. The number of hydrogen-bond donors (Lipinski definition) is 0. The van der Waals surface area contributed by atoms with Gasteiger partial charge in [0.2, 0.25) is 9.84 Å². The van der Waals surface area contributed by atoms with Gasteiger partial charge in [-0.3, -0.25) is 4.79 Å². The average Bonchev–Trinajstić information content (AvgIpc) is 2.67. The molecule has 0 fully saturated rings. The summed E-state index contributed by atoms with van der Waals surface area (Å²) in [5.74, 6) is 0.309. The molecule has 3 rings (SSSR count). The molecule has 5 heteroatoms. The van der Waals surface area contributed by atoms with Crippen LogP contribution in [0.15, 0.2) is 88.7 Å². The number of Topliss-reactive ketones (excluding diaryl/α,β-unsaturated/α-hetero) is 1. The third-order valence-electron chi connectivity index (χ3n) is 3.93. The standard InChI is InChI=1S/C21H18O4S/c1-16-7-9-17(10-8-16)21(22)15-25-18-11-13-20(14-12-18)26(23,24)19-5-3-2-4-6-19/h2-14H,15H2,1H3. The van der Waals surface area contributed by atoms with E-state index in [2.05, 4.69) is 0 Å². The van der Waals surface area contributed by atoms with Crippen molar-refractivity contribution in [1.29, 1.82) is 0 Å². The van der Waals surface area contributed by atoms with E-state index in [0.717, 1.165) is 5.56 Å². The van der Waals surface area contributed by atoms with Crippen LogP contribution < -0.4 is 4.74 Å². The van der Waals surface area contributed by atoms with Gasteiger partial charge in [-0.15, -0.1) is 0 Å². The predicted molar refractivity (Wildman–Crippen MR) is 99.3 cm³/mol. The van der Waals surface area contributed by atoms with Gasteiger partial charge in [-0.1, -0.05) is 48.0 Å². The minimum absolute atomic E-state index is 0.103. The highest BCUT2D eigenvalue weighted by Gasteiger charge is 2.17. The molecule has 0 N–H and O–H groups in total. The molecule has 0 saturated heterocycles. The molecule has 0 heterocycles. The molecule has 0 amide bonds. The second-order valence-electron chi connectivity index (χ2n) is 5.87. The van der Waals surface area contributed by atoms with Crippen LogP contribution >= 0.6 is 0 Å². The molecule has 3 aromatic carbocycles. The molecule has 0 atom stereocenters. The first-order valence-corrected chi connectivity index (χ1v) is 9.58. The van der Waals surface area contributed by atoms with Crippen LogP contribution in [0.5, 0.6) is 5.75 Å². The maximum Gasteiger partial charge on any atom is 0.206 e. The normalized spacial score (nSPS) is 11.1. The van der Waals surface area contributed by atoms with Crippen LogP contribution in [0.1, 0.15) is 15.9 Å². The summed E-state index contributed by atoms with van der Waals surface area (Å²) < 4.78 is 30.5. The Kier molecular flexibility index (Phi) is 5.19. The smallest absolute Gasteiger partial charge is 0.206 e. The molecule has 0 unspecified atom stereocenters. The quantitative estimate of drug-likeness (QED) is 0.617. The van der Waals surface area contributed by atoms with Gasteiger partial charge in [-0.05, 0) is 43.3 Å². The molecule has 0 bridgehead atoms. The molecule has 3 aromatic rings. The summed E-state index contributed by atoms with van der Waals surface area (Å²) in [5, 5.41) is 0. The summed E-state index contributed by atoms with van der Waals surface area (Å²) in [5.41, 5.74) is 1.66. The van der Waals surface area contributed by atoms with Gasteiger partial charge < -0.3 is 4.74 Å². The summed E-state index contributed by atoms with van der Waals surface area (Å²) in [6.45, 7) is 1.85. The number of aryl methyl sites for hydroxylation is 1. The van der Waals surface area contributed by atoms with E-state index in [0.29, 0.717) is 11.3 Å². The zero-order valence-corrected chi connectivity index (χ0v) is 15.1. The van der Waals surface area contributed by atoms with Crippen molar-refractivity contribution < 1.29 is 17.9 Å². The van der Waals surface area contributed by atoms with Crippen molar-refractivity contribution in [1.82, 2.24) is 0 Å². The van der Waals surface area contributed by atoms with Crippen LogP contribution in [0.25, 0.3) is 0 Å². The molecule has 0 aliphatic heterocycles. The SMILES string of the molecule is Cc1ccc(C(=O)COc2ccc(S(=O)(=O)c3ccccc3)cc2)cc1. The number of ether oxygens (including phenoxy) is 1. The lowest BCUT2D eigenvalue weighted by Gasteiger charge is -2.08. The Morgan fingerprint density at radius 3 is 2.00 bits per heavy atom. The molecule has 0 aliphatic carbocycles. The van der Waals surface area contributed by atoms with Crippen LogP contribution in [0, 0.1) is 6.92 Å². The van der Waals surface area contributed by atoms with E-state index in [1.165, 1.54) is 12.1 Å². The summed E-state index contributed by atoms with van der Waals surface area (Å²) in [6.07, 6.45) is 0. The van der Waals surface area contributed by atoms with Crippen LogP contribution in [-0.4, -0.2) is 20.8 Å². The fourth-order valence-electron chi connectivity index (χ4n) is 2.42. The number of carbonyl (C=O) groups is 1. The van der Waals surface area contributed by atoms with Crippen molar-refractivity contribution in [2.75, 3.05) is 6.61 Å². The summed E-state index contributed by atoms with van der Waals surface area (Å²) in [4.78, 5) is 12.5. The van der Waals surface area contributed by atoms with E-state index >= 15 is 0 Å². The summed E-state index contributed by atoms with van der Waals surface area (Å²) in [7, 11) is -3.56. The number of benzene rings is 3. The second kappa shape index (κ2) is 7.54. The largest absolute Gasteiger partial charge is 0.485 e. The first kappa shape index (κ1) is 17.9. The fraction of sp³-hybridized carbons (Fsp3) is 0.0952. The lowest BCUT2D eigenvalue weighted by atomic mass is 10.1. The van der Waals surface area contributed by atoms with Crippen LogP contribution in [0.3, 0.4) is 0 Å². The van der Waals surface area contributed by atoms with Crippen molar-refractivity contribution in [3.05, 3.63) is 90.0 Å². The van der Waals surface area contributed by atoms with Crippen molar-refractivity contribution in [3.63, 3.8) is 0 Å². The van der Waals surface area contributed by atoms with Gasteiger partial charge in [0.05, 0.1) is 9.79 Å². The molecule has 4 nitrogen and oxygen atoms in total. The zero-order valence-electron chi connectivity index (χ0n) is 14.3. The van der Waals surface area contributed by atoms with E-state index in [1.807, 2.05) is 19.1 Å². The van der Waals surface area contributed by atoms with Gasteiger partial charge in [0.1, 0.15) is 5.75 Å². The minimum atomic E-state index is -3.56. The van der Waals surface area contributed by atoms with Crippen molar-refractivity contribution in [2.45, 2.75) is 16.7 Å². The third kappa shape index (κ3) is 4.00. The molecule has 0 spiro atoms. The van der Waals surface area contributed by atoms with Crippen LogP contribution in [0.2, 0.25) is 0 Å². The highest BCUT2D eigenvalue weighted by molar-refractivity contribution is 7.91. The second-order valence-corrected chi connectivity index (χ2v) is 7.82. The molecule has 0 radical (unpaired) electrons. The monoisotopic (exact) mass is 366 g/mol. The number of carbonyl (C=O) groups excluding carboxylic acids is 1. The number of hydrogen-bond acceptors (Lipinski definition) is 4. The van der Waals surface area contributed by atoms with Gasteiger partial charge in [0.15, 0.2) is 12.4 Å². The highest BCUT2D eigenvalue weighted by Crippen LogP contribution is 2.23. The highest BCUT2D eigenvalue weighted by atomic mass is 32.2. The zero-order chi connectivity index (χ0) is 18.6. The molecule has 0 saturated carbocycles.